The van der Waals surface area contributed by atoms with Crippen molar-refractivity contribution in [3.8, 4) is 0 Å². The van der Waals surface area contributed by atoms with E-state index in [9.17, 15) is 4.79 Å². The molecule has 1 aliphatic rings. The SMILES string of the molecule is CCCC(N)C(=O)NC1(C)CCOCC1. The van der Waals surface area contributed by atoms with Crippen molar-refractivity contribution in [2.24, 2.45) is 5.73 Å². The van der Waals surface area contributed by atoms with E-state index < -0.39 is 0 Å². The average Bonchev–Trinajstić information content (AvgIpc) is 2.18. The van der Waals surface area contributed by atoms with Crippen LogP contribution < -0.4 is 11.1 Å². The van der Waals surface area contributed by atoms with Crippen LogP contribution in [0, 0.1) is 0 Å². The molecule has 1 amide bonds. The van der Waals surface area contributed by atoms with E-state index in [1.165, 1.54) is 0 Å². The maximum Gasteiger partial charge on any atom is 0.237 e. The molecule has 1 fully saturated rings. The third kappa shape index (κ3) is 3.80. The Balaban J connectivity index is 2.41. The summed E-state index contributed by atoms with van der Waals surface area (Å²) < 4.78 is 5.27. The summed E-state index contributed by atoms with van der Waals surface area (Å²) in [6, 6.07) is -0.366. The van der Waals surface area contributed by atoms with Crippen molar-refractivity contribution in [3.63, 3.8) is 0 Å². The minimum Gasteiger partial charge on any atom is -0.381 e. The first-order chi connectivity index (χ1) is 7.07. The highest BCUT2D eigenvalue weighted by Crippen LogP contribution is 2.19. The molecule has 1 aliphatic heterocycles. The van der Waals surface area contributed by atoms with Gasteiger partial charge in [0.25, 0.3) is 0 Å². The number of rotatable bonds is 4. The molecule has 0 spiro atoms. The lowest BCUT2D eigenvalue weighted by atomic mass is 9.92. The molecular formula is C11H22N2O2. The van der Waals surface area contributed by atoms with Gasteiger partial charge < -0.3 is 15.8 Å². The zero-order valence-corrected chi connectivity index (χ0v) is 9.71. The van der Waals surface area contributed by atoms with E-state index in [1.54, 1.807) is 0 Å². The third-order valence-electron chi connectivity index (χ3n) is 2.96. The standard InChI is InChI=1S/C11H22N2O2/c1-3-4-9(12)10(14)13-11(2)5-7-15-8-6-11/h9H,3-8,12H2,1-2H3,(H,13,14). The van der Waals surface area contributed by atoms with Crippen LogP contribution in [0.5, 0.6) is 0 Å². The van der Waals surface area contributed by atoms with Gasteiger partial charge in [0.1, 0.15) is 0 Å². The lowest BCUT2D eigenvalue weighted by molar-refractivity contribution is -0.125. The van der Waals surface area contributed by atoms with Crippen LogP contribution in [-0.2, 0) is 9.53 Å². The highest BCUT2D eigenvalue weighted by Gasteiger charge is 2.30. The molecule has 0 aliphatic carbocycles. The second-order valence-electron chi connectivity index (χ2n) is 4.56. The van der Waals surface area contributed by atoms with Crippen LogP contribution in [0.1, 0.15) is 39.5 Å². The summed E-state index contributed by atoms with van der Waals surface area (Å²) in [5, 5.41) is 3.04. The Morgan fingerprint density at radius 2 is 2.13 bits per heavy atom. The van der Waals surface area contributed by atoms with Gasteiger partial charge in [0.05, 0.1) is 6.04 Å². The van der Waals surface area contributed by atoms with Gasteiger partial charge in [-0.05, 0) is 26.2 Å². The molecule has 0 saturated carbocycles. The van der Waals surface area contributed by atoms with Crippen molar-refractivity contribution in [1.82, 2.24) is 5.32 Å². The molecule has 0 bridgehead atoms. The second-order valence-corrected chi connectivity index (χ2v) is 4.56. The molecule has 1 saturated heterocycles. The largest absolute Gasteiger partial charge is 0.381 e. The van der Waals surface area contributed by atoms with E-state index in [0.717, 1.165) is 38.9 Å². The van der Waals surface area contributed by atoms with Gasteiger partial charge in [0.2, 0.25) is 5.91 Å². The molecule has 15 heavy (non-hydrogen) atoms. The van der Waals surface area contributed by atoms with Gasteiger partial charge in [-0.1, -0.05) is 13.3 Å². The van der Waals surface area contributed by atoms with Crippen LogP contribution in [0.3, 0.4) is 0 Å². The summed E-state index contributed by atoms with van der Waals surface area (Å²) in [6.07, 6.45) is 3.43. The first-order valence-corrected chi connectivity index (χ1v) is 5.73. The molecule has 0 aromatic rings. The quantitative estimate of drug-likeness (QED) is 0.727. The summed E-state index contributed by atoms with van der Waals surface area (Å²) >= 11 is 0. The molecule has 1 heterocycles. The van der Waals surface area contributed by atoms with Crippen LogP contribution in [0.25, 0.3) is 0 Å². The zero-order chi connectivity index (χ0) is 11.3. The van der Waals surface area contributed by atoms with Gasteiger partial charge in [0.15, 0.2) is 0 Å². The van der Waals surface area contributed by atoms with Gasteiger partial charge in [0, 0.05) is 18.8 Å². The minimum atomic E-state index is -0.366. The predicted octanol–water partition coefficient (Wildman–Crippen LogP) is 0.799. The van der Waals surface area contributed by atoms with Gasteiger partial charge in [-0.3, -0.25) is 4.79 Å². The average molecular weight is 214 g/mol. The maximum absolute atomic E-state index is 11.7. The van der Waals surface area contributed by atoms with Crippen LogP contribution in [0.15, 0.2) is 0 Å². The van der Waals surface area contributed by atoms with Crippen LogP contribution in [0.2, 0.25) is 0 Å². The molecule has 0 aromatic carbocycles. The fraction of sp³-hybridized carbons (Fsp3) is 0.909. The normalized spacial score (nSPS) is 22.1. The predicted molar refractivity (Wildman–Crippen MR) is 59.5 cm³/mol. The molecular weight excluding hydrogens is 192 g/mol. The highest BCUT2D eigenvalue weighted by atomic mass is 16.5. The van der Waals surface area contributed by atoms with Crippen LogP contribution in [0.4, 0.5) is 0 Å². The minimum absolute atomic E-state index is 0.0266. The Labute approximate surface area is 91.5 Å². The van der Waals surface area contributed by atoms with Gasteiger partial charge in [-0.2, -0.15) is 0 Å². The van der Waals surface area contributed by atoms with E-state index in [0.29, 0.717) is 0 Å². The molecule has 4 heteroatoms. The lowest BCUT2D eigenvalue weighted by Crippen LogP contribution is -2.54. The van der Waals surface area contributed by atoms with E-state index in [2.05, 4.69) is 12.2 Å². The van der Waals surface area contributed by atoms with E-state index in [-0.39, 0.29) is 17.5 Å². The summed E-state index contributed by atoms with van der Waals surface area (Å²) in [7, 11) is 0. The van der Waals surface area contributed by atoms with E-state index in [4.69, 9.17) is 10.5 Å². The summed E-state index contributed by atoms with van der Waals surface area (Å²) in [5.74, 6) is -0.0266. The second kappa shape index (κ2) is 5.47. The Hall–Kier alpha value is -0.610. The first kappa shape index (κ1) is 12.5. The van der Waals surface area contributed by atoms with Crippen molar-refractivity contribution >= 4 is 5.91 Å². The van der Waals surface area contributed by atoms with Crippen LogP contribution >= 0.6 is 0 Å². The number of carbonyl (C=O) groups excluding carboxylic acids is 1. The Morgan fingerprint density at radius 1 is 1.53 bits per heavy atom. The smallest absolute Gasteiger partial charge is 0.237 e. The number of nitrogens with two attached hydrogens (primary N) is 1. The molecule has 1 rings (SSSR count). The molecule has 4 nitrogen and oxygen atoms in total. The van der Waals surface area contributed by atoms with Crippen molar-refractivity contribution < 1.29 is 9.53 Å². The number of nitrogens with one attached hydrogen (secondary N) is 1. The lowest BCUT2D eigenvalue weighted by Gasteiger charge is -2.35. The number of ether oxygens (including phenoxy) is 1. The number of hydrogen-bond donors (Lipinski definition) is 2. The fourth-order valence-electron chi connectivity index (χ4n) is 1.78. The number of carbonyl (C=O) groups is 1. The summed E-state index contributed by atoms with van der Waals surface area (Å²) in [6.45, 7) is 5.54. The van der Waals surface area contributed by atoms with Gasteiger partial charge in [-0.25, -0.2) is 0 Å². The van der Waals surface area contributed by atoms with E-state index in [1.807, 2.05) is 6.92 Å². The van der Waals surface area contributed by atoms with Crippen molar-refractivity contribution in [1.29, 1.82) is 0 Å². The molecule has 88 valence electrons. The molecule has 3 N–H and O–H groups in total. The molecule has 1 atom stereocenters. The molecule has 0 radical (unpaired) electrons. The Bertz CT molecular complexity index is 213. The first-order valence-electron chi connectivity index (χ1n) is 5.73. The van der Waals surface area contributed by atoms with Gasteiger partial charge >= 0.3 is 0 Å². The van der Waals surface area contributed by atoms with E-state index >= 15 is 0 Å². The fourth-order valence-corrected chi connectivity index (χ4v) is 1.78. The van der Waals surface area contributed by atoms with Gasteiger partial charge in [-0.15, -0.1) is 0 Å². The topological polar surface area (TPSA) is 64.4 Å². The Morgan fingerprint density at radius 3 is 2.67 bits per heavy atom. The number of amides is 1. The maximum atomic E-state index is 11.7. The summed E-state index contributed by atoms with van der Waals surface area (Å²) in [5.41, 5.74) is 5.64. The van der Waals surface area contributed by atoms with Crippen molar-refractivity contribution in [2.45, 2.75) is 51.1 Å². The Kier molecular flexibility index (Phi) is 4.54. The van der Waals surface area contributed by atoms with Crippen molar-refractivity contribution in [3.05, 3.63) is 0 Å². The molecule has 1 unspecified atom stereocenters. The number of hydrogen-bond acceptors (Lipinski definition) is 3. The third-order valence-corrected chi connectivity index (χ3v) is 2.96. The monoisotopic (exact) mass is 214 g/mol. The zero-order valence-electron chi connectivity index (χ0n) is 9.71. The van der Waals surface area contributed by atoms with Crippen LogP contribution in [-0.4, -0.2) is 30.7 Å². The summed E-state index contributed by atoms with van der Waals surface area (Å²) in [4.78, 5) is 11.7. The highest BCUT2D eigenvalue weighted by molar-refractivity contribution is 5.82. The molecule has 0 aromatic heterocycles. The van der Waals surface area contributed by atoms with Crippen molar-refractivity contribution in [2.75, 3.05) is 13.2 Å².